The molecule has 0 bridgehead atoms. The van der Waals surface area contributed by atoms with Crippen LogP contribution in [-0.2, 0) is 0 Å². The van der Waals surface area contributed by atoms with Gasteiger partial charge in [0.1, 0.15) is 5.01 Å². The van der Waals surface area contributed by atoms with Crippen LogP contribution < -0.4 is 0 Å². The topological polar surface area (TPSA) is 38.7 Å². The predicted molar refractivity (Wildman–Crippen MR) is 175 cm³/mol. The van der Waals surface area contributed by atoms with Crippen molar-refractivity contribution >= 4 is 49.4 Å². The monoisotopic (exact) mass is 545 g/mol. The minimum Gasteiger partial charge on any atom is -0.247 e. The van der Waals surface area contributed by atoms with Crippen LogP contribution in [0.3, 0.4) is 0 Å². The average molecular weight is 546 g/mol. The standard InChI is InChI=1S/C37H27N3S/c1-3-4-6-17-31-24(2)21-30-35(39-32-18-10-9-16-29(32)36(30)38-31)28-15-11-14-26(22-28)27-19-20-34-33(23-27)40-37(41-34)25-12-7-5-8-13-25/h3-23H,1-2H3/b4-3-,17-6-. The van der Waals surface area contributed by atoms with Crippen molar-refractivity contribution in [3.05, 3.63) is 133 Å². The van der Waals surface area contributed by atoms with Crippen molar-refractivity contribution in [3.8, 4) is 33.0 Å². The van der Waals surface area contributed by atoms with Gasteiger partial charge in [0.25, 0.3) is 0 Å². The quantitative estimate of drug-likeness (QED) is 0.159. The van der Waals surface area contributed by atoms with Crippen LogP contribution in [0, 0.1) is 6.92 Å². The van der Waals surface area contributed by atoms with Crippen LogP contribution >= 0.6 is 11.3 Å². The molecule has 0 radical (unpaired) electrons. The van der Waals surface area contributed by atoms with E-state index in [-0.39, 0.29) is 0 Å². The fraction of sp³-hybridized carbons (Fsp3) is 0.0541. The minimum atomic E-state index is 0.942. The van der Waals surface area contributed by atoms with Gasteiger partial charge in [-0.05, 0) is 66.9 Å². The lowest BCUT2D eigenvalue weighted by Gasteiger charge is -2.13. The molecule has 7 rings (SSSR count). The molecule has 4 heteroatoms. The molecule has 0 saturated heterocycles. The van der Waals surface area contributed by atoms with Gasteiger partial charge in [-0.2, -0.15) is 0 Å². The first-order chi connectivity index (χ1) is 20.2. The fourth-order valence-electron chi connectivity index (χ4n) is 5.27. The van der Waals surface area contributed by atoms with E-state index in [9.17, 15) is 0 Å². The third kappa shape index (κ3) is 4.73. The lowest BCUT2D eigenvalue weighted by atomic mass is 9.97. The molecule has 7 aromatic rings. The van der Waals surface area contributed by atoms with E-state index in [4.69, 9.17) is 15.0 Å². The van der Waals surface area contributed by atoms with Crippen LogP contribution in [0.25, 0.3) is 71.1 Å². The molecule has 0 aliphatic carbocycles. The SMILES string of the molecule is C/C=C\C=C/c1nc2c(cc1C)c(-c1cccc(-c3ccc4sc(-c5ccccc5)nc4c3)c1)nc1ccccc12. The Morgan fingerprint density at radius 2 is 1.39 bits per heavy atom. The van der Waals surface area contributed by atoms with Gasteiger partial charge in [-0.15, -0.1) is 11.3 Å². The Kier molecular flexibility index (Phi) is 6.46. The van der Waals surface area contributed by atoms with Crippen molar-refractivity contribution in [3.63, 3.8) is 0 Å². The summed E-state index contributed by atoms with van der Waals surface area (Å²) < 4.78 is 1.19. The summed E-state index contributed by atoms with van der Waals surface area (Å²) in [4.78, 5) is 15.3. The van der Waals surface area contributed by atoms with Gasteiger partial charge in [0.2, 0.25) is 0 Å². The first-order valence-corrected chi connectivity index (χ1v) is 14.6. The van der Waals surface area contributed by atoms with Crippen molar-refractivity contribution < 1.29 is 0 Å². The van der Waals surface area contributed by atoms with Gasteiger partial charge in [0, 0.05) is 21.9 Å². The minimum absolute atomic E-state index is 0.942. The van der Waals surface area contributed by atoms with Crippen LogP contribution in [0.1, 0.15) is 18.2 Å². The Bertz CT molecular complexity index is 2120. The molecule has 0 saturated carbocycles. The van der Waals surface area contributed by atoms with Crippen molar-refractivity contribution in [2.24, 2.45) is 0 Å². The Labute approximate surface area is 243 Å². The molecular weight excluding hydrogens is 518 g/mol. The third-order valence-electron chi connectivity index (χ3n) is 7.33. The van der Waals surface area contributed by atoms with Gasteiger partial charge in [0.05, 0.1) is 32.6 Å². The molecule has 0 unspecified atom stereocenters. The lowest BCUT2D eigenvalue weighted by molar-refractivity contribution is 1.29. The number of nitrogens with zero attached hydrogens (tertiary/aromatic N) is 3. The highest BCUT2D eigenvalue weighted by atomic mass is 32.1. The highest BCUT2D eigenvalue weighted by Crippen LogP contribution is 2.36. The van der Waals surface area contributed by atoms with Crippen molar-refractivity contribution in [1.82, 2.24) is 15.0 Å². The molecule has 41 heavy (non-hydrogen) atoms. The molecule has 0 aliphatic rings. The van der Waals surface area contributed by atoms with Crippen molar-refractivity contribution in [2.45, 2.75) is 13.8 Å². The van der Waals surface area contributed by atoms with E-state index in [0.717, 1.165) is 71.5 Å². The fourth-order valence-corrected chi connectivity index (χ4v) is 6.22. The van der Waals surface area contributed by atoms with Crippen LogP contribution in [-0.4, -0.2) is 15.0 Å². The first-order valence-electron chi connectivity index (χ1n) is 13.7. The smallest absolute Gasteiger partial charge is 0.124 e. The van der Waals surface area contributed by atoms with E-state index in [0.29, 0.717) is 0 Å². The lowest BCUT2D eigenvalue weighted by Crippen LogP contribution is -1.95. The zero-order chi connectivity index (χ0) is 27.8. The molecule has 0 amide bonds. The number of aromatic nitrogens is 3. The number of rotatable bonds is 5. The molecule has 196 valence electrons. The van der Waals surface area contributed by atoms with Gasteiger partial charge >= 0.3 is 0 Å². The molecule has 0 fully saturated rings. The number of aryl methyl sites for hydroxylation is 1. The summed E-state index contributed by atoms with van der Waals surface area (Å²) in [5, 5.41) is 3.16. The second-order valence-corrected chi connectivity index (χ2v) is 11.1. The Hall–Kier alpha value is -4.93. The summed E-state index contributed by atoms with van der Waals surface area (Å²) in [6.07, 6.45) is 8.16. The molecule has 0 aliphatic heterocycles. The Morgan fingerprint density at radius 3 is 2.27 bits per heavy atom. The molecular formula is C37H27N3S. The van der Waals surface area contributed by atoms with Gasteiger partial charge in [-0.25, -0.2) is 15.0 Å². The van der Waals surface area contributed by atoms with Crippen LogP contribution in [0.2, 0.25) is 0 Å². The van der Waals surface area contributed by atoms with Gasteiger partial charge in [0.15, 0.2) is 0 Å². The largest absolute Gasteiger partial charge is 0.247 e. The summed E-state index contributed by atoms with van der Waals surface area (Å²) in [5.41, 5.74) is 10.5. The predicted octanol–water partition coefficient (Wildman–Crippen LogP) is 10.3. The maximum Gasteiger partial charge on any atom is 0.124 e. The molecule has 3 aromatic heterocycles. The van der Waals surface area contributed by atoms with E-state index >= 15 is 0 Å². The Balaban J connectivity index is 1.36. The molecule has 3 heterocycles. The zero-order valence-electron chi connectivity index (χ0n) is 22.9. The van der Waals surface area contributed by atoms with E-state index < -0.39 is 0 Å². The average Bonchev–Trinajstić information content (AvgIpc) is 3.45. The summed E-state index contributed by atoms with van der Waals surface area (Å²) >= 11 is 1.73. The normalized spacial score (nSPS) is 12.0. The van der Waals surface area contributed by atoms with Crippen LogP contribution in [0.4, 0.5) is 0 Å². The zero-order valence-corrected chi connectivity index (χ0v) is 23.7. The van der Waals surface area contributed by atoms with Crippen molar-refractivity contribution in [2.75, 3.05) is 0 Å². The molecule has 0 spiro atoms. The van der Waals surface area contributed by atoms with Gasteiger partial charge in [-0.3, -0.25) is 0 Å². The third-order valence-corrected chi connectivity index (χ3v) is 8.42. The number of allylic oxidation sites excluding steroid dienone is 3. The summed E-state index contributed by atoms with van der Waals surface area (Å²) in [6, 6.07) is 36.1. The van der Waals surface area contributed by atoms with E-state index in [1.165, 1.54) is 4.70 Å². The number of fused-ring (bicyclic) bond motifs is 4. The Morgan fingerprint density at radius 1 is 0.610 bits per heavy atom. The number of pyridine rings is 2. The van der Waals surface area contributed by atoms with E-state index in [1.807, 2.05) is 37.3 Å². The second kappa shape index (κ2) is 10.6. The number of thiazole rings is 1. The van der Waals surface area contributed by atoms with Crippen LogP contribution in [0.5, 0.6) is 0 Å². The van der Waals surface area contributed by atoms with E-state index in [2.05, 4.69) is 104 Å². The summed E-state index contributed by atoms with van der Waals surface area (Å²) in [6.45, 7) is 4.13. The highest BCUT2D eigenvalue weighted by molar-refractivity contribution is 7.21. The van der Waals surface area contributed by atoms with E-state index in [1.54, 1.807) is 11.3 Å². The van der Waals surface area contributed by atoms with Gasteiger partial charge in [-0.1, -0.05) is 91.0 Å². The number of hydrogen-bond acceptors (Lipinski definition) is 4. The number of benzene rings is 4. The highest BCUT2D eigenvalue weighted by Gasteiger charge is 2.15. The maximum atomic E-state index is 5.16. The van der Waals surface area contributed by atoms with Crippen LogP contribution in [0.15, 0.2) is 121 Å². The molecule has 0 atom stereocenters. The maximum absolute atomic E-state index is 5.16. The molecule has 3 nitrogen and oxygen atoms in total. The summed E-state index contributed by atoms with van der Waals surface area (Å²) in [5.74, 6) is 0. The number of hydrogen-bond donors (Lipinski definition) is 0. The second-order valence-electron chi connectivity index (χ2n) is 10.1. The first kappa shape index (κ1) is 25.1. The van der Waals surface area contributed by atoms with Gasteiger partial charge < -0.3 is 0 Å². The summed E-state index contributed by atoms with van der Waals surface area (Å²) in [7, 11) is 0. The molecule has 4 aromatic carbocycles. The van der Waals surface area contributed by atoms with Crippen molar-refractivity contribution in [1.29, 1.82) is 0 Å². The molecule has 0 N–H and O–H groups in total. The number of para-hydroxylation sites is 1.